The van der Waals surface area contributed by atoms with E-state index in [1.165, 1.54) is 16.8 Å². The lowest BCUT2D eigenvalue weighted by molar-refractivity contribution is 1.13. The molecule has 0 atom stereocenters. The van der Waals surface area contributed by atoms with E-state index in [9.17, 15) is 0 Å². The van der Waals surface area contributed by atoms with Gasteiger partial charge in [-0.05, 0) is 31.9 Å². The normalized spacial score (nSPS) is 9.64. The molecule has 1 N–H and O–H groups in total. The minimum absolute atomic E-state index is 0.916. The number of nitrogens with one attached hydrogen (secondary N) is 1. The molecule has 0 amide bonds. The highest BCUT2D eigenvalue weighted by Gasteiger charge is 1.96. The third-order valence-electron chi connectivity index (χ3n) is 2.20. The van der Waals surface area contributed by atoms with E-state index in [0.717, 1.165) is 13.0 Å². The lowest BCUT2D eigenvalue weighted by atomic mass is 10.1. The van der Waals surface area contributed by atoms with Crippen LogP contribution in [0.5, 0.6) is 0 Å². The van der Waals surface area contributed by atoms with Crippen LogP contribution in [-0.2, 0) is 6.42 Å². The van der Waals surface area contributed by atoms with Gasteiger partial charge in [0.05, 0.1) is 0 Å². The lowest BCUT2D eigenvalue weighted by Gasteiger charge is -2.08. The summed E-state index contributed by atoms with van der Waals surface area (Å²) >= 11 is 0. The number of aryl methyl sites for hydroxylation is 1. The molecular weight excluding hydrogens is 170 g/mol. The summed E-state index contributed by atoms with van der Waals surface area (Å²) < 4.78 is 0. The summed E-state index contributed by atoms with van der Waals surface area (Å²) in [6, 6.07) is 8.47. The Morgan fingerprint density at radius 2 is 2.00 bits per heavy atom. The van der Waals surface area contributed by atoms with E-state index in [0.29, 0.717) is 0 Å². The summed E-state index contributed by atoms with van der Waals surface area (Å²) in [5.74, 6) is 0. The van der Waals surface area contributed by atoms with Crippen LogP contribution in [0.3, 0.4) is 0 Å². The first-order chi connectivity index (χ1) is 6.74. The Bertz CT molecular complexity index is 309. The van der Waals surface area contributed by atoms with Crippen molar-refractivity contribution in [3.8, 4) is 0 Å². The van der Waals surface area contributed by atoms with Gasteiger partial charge in [-0.15, -0.1) is 0 Å². The smallest absolute Gasteiger partial charge is 0.0375 e. The summed E-state index contributed by atoms with van der Waals surface area (Å²) in [5.41, 5.74) is 3.99. The lowest BCUT2D eigenvalue weighted by Crippen LogP contribution is -2.01. The molecule has 0 unspecified atom stereocenters. The topological polar surface area (TPSA) is 12.0 Å². The number of para-hydroxylation sites is 1. The Hall–Kier alpha value is -1.24. The fourth-order valence-electron chi connectivity index (χ4n) is 1.37. The van der Waals surface area contributed by atoms with Crippen molar-refractivity contribution < 1.29 is 0 Å². The minimum atomic E-state index is 0.916. The molecule has 0 bridgehead atoms. The third-order valence-corrected chi connectivity index (χ3v) is 2.20. The highest BCUT2D eigenvalue weighted by molar-refractivity contribution is 5.51. The molecular formula is C13H19N. The van der Waals surface area contributed by atoms with Crippen LogP contribution >= 0.6 is 0 Å². The van der Waals surface area contributed by atoms with Crippen LogP contribution in [0.2, 0.25) is 0 Å². The second-order valence-corrected chi connectivity index (χ2v) is 3.67. The standard InChI is InChI=1S/C13H19N/c1-4-12-7-5-6-8-13(12)14-10-9-11(2)3/h5-9,14H,4,10H2,1-3H3. The van der Waals surface area contributed by atoms with Gasteiger partial charge >= 0.3 is 0 Å². The maximum absolute atomic E-state index is 3.42. The molecule has 1 rings (SSSR count). The molecule has 0 aliphatic heterocycles. The fourth-order valence-corrected chi connectivity index (χ4v) is 1.37. The average molecular weight is 189 g/mol. The van der Waals surface area contributed by atoms with Crippen LogP contribution in [0.15, 0.2) is 35.9 Å². The molecule has 0 saturated heterocycles. The summed E-state index contributed by atoms with van der Waals surface area (Å²) in [5, 5.41) is 3.42. The Morgan fingerprint density at radius 3 is 2.64 bits per heavy atom. The zero-order valence-electron chi connectivity index (χ0n) is 9.30. The largest absolute Gasteiger partial charge is 0.381 e. The van der Waals surface area contributed by atoms with Gasteiger partial charge in [-0.3, -0.25) is 0 Å². The number of benzene rings is 1. The van der Waals surface area contributed by atoms with Gasteiger partial charge < -0.3 is 5.32 Å². The van der Waals surface area contributed by atoms with Crippen molar-refractivity contribution >= 4 is 5.69 Å². The molecule has 0 aliphatic rings. The highest BCUT2D eigenvalue weighted by Crippen LogP contribution is 2.14. The molecule has 14 heavy (non-hydrogen) atoms. The van der Waals surface area contributed by atoms with Crippen molar-refractivity contribution in [3.63, 3.8) is 0 Å². The van der Waals surface area contributed by atoms with Gasteiger partial charge in [0.15, 0.2) is 0 Å². The third kappa shape index (κ3) is 3.25. The van der Waals surface area contributed by atoms with Crippen LogP contribution in [-0.4, -0.2) is 6.54 Å². The highest BCUT2D eigenvalue weighted by atomic mass is 14.9. The van der Waals surface area contributed by atoms with Crippen LogP contribution in [0, 0.1) is 0 Å². The molecule has 1 heteroatoms. The predicted molar refractivity (Wildman–Crippen MR) is 63.7 cm³/mol. The van der Waals surface area contributed by atoms with Crippen molar-refractivity contribution in [1.29, 1.82) is 0 Å². The zero-order valence-corrected chi connectivity index (χ0v) is 9.30. The summed E-state index contributed by atoms with van der Waals surface area (Å²) in [6.45, 7) is 7.33. The molecule has 0 aromatic heterocycles. The minimum Gasteiger partial charge on any atom is -0.381 e. The molecule has 0 heterocycles. The number of allylic oxidation sites excluding steroid dienone is 1. The van der Waals surface area contributed by atoms with E-state index in [4.69, 9.17) is 0 Å². The molecule has 0 fully saturated rings. The Labute approximate surface area is 86.8 Å². The van der Waals surface area contributed by atoms with Gasteiger partial charge in [-0.2, -0.15) is 0 Å². The molecule has 1 aromatic rings. The Kier molecular flexibility index (Phi) is 4.24. The van der Waals surface area contributed by atoms with E-state index in [1.54, 1.807) is 0 Å². The van der Waals surface area contributed by atoms with E-state index in [1.807, 2.05) is 0 Å². The molecule has 1 nitrogen and oxygen atoms in total. The second kappa shape index (κ2) is 5.48. The van der Waals surface area contributed by atoms with Crippen molar-refractivity contribution in [2.45, 2.75) is 27.2 Å². The monoisotopic (exact) mass is 189 g/mol. The van der Waals surface area contributed by atoms with Crippen LogP contribution in [0.4, 0.5) is 5.69 Å². The van der Waals surface area contributed by atoms with Crippen LogP contribution < -0.4 is 5.32 Å². The summed E-state index contributed by atoms with van der Waals surface area (Å²) in [4.78, 5) is 0. The first-order valence-electron chi connectivity index (χ1n) is 5.19. The quantitative estimate of drug-likeness (QED) is 0.713. The van der Waals surface area contributed by atoms with Gasteiger partial charge in [-0.1, -0.05) is 36.8 Å². The van der Waals surface area contributed by atoms with Gasteiger partial charge in [0, 0.05) is 12.2 Å². The van der Waals surface area contributed by atoms with Crippen molar-refractivity contribution in [1.82, 2.24) is 0 Å². The number of anilines is 1. The SMILES string of the molecule is CCc1ccccc1NCC=C(C)C. The summed E-state index contributed by atoms with van der Waals surface area (Å²) in [7, 11) is 0. The molecule has 0 spiro atoms. The summed E-state index contributed by atoms with van der Waals surface area (Å²) in [6.07, 6.45) is 3.28. The van der Waals surface area contributed by atoms with Crippen LogP contribution in [0.1, 0.15) is 26.3 Å². The Morgan fingerprint density at radius 1 is 1.29 bits per heavy atom. The van der Waals surface area contributed by atoms with Crippen molar-refractivity contribution in [2.24, 2.45) is 0 Å². The maximum Gasteiger partial charge on any atom is 0.0375 e. The number of rotatable bonds is 4. The molecule has 0 radical (unpaired) electrons. The number of hydrogen-bond acceptors (Lipinski definition) is 1. The van der Waals surface area contributed by atoms with Gasteiger partial charge in [0.2, 0.25) is 0 Å². The number of hydrogen-bond donors (Lipinski definition) is 1. The molecule has 0 aliphatic carbocycles. The predicted octanol–water partition coefficient (Wildman–Crippen LogP) is 3.63. The zero-order chi connectivity index (χ0) is 10.4. The first kappa shape index (κ1) is 10.8. The molecule has 76 valence electrons. The average Bonchev–Trinajstić information content (AvgIpc) is 2.18. The van der Waals surface area contributed by atoms with Crippen LogP contribution in [0.25, 0.3) is 0 Å². The van der Waals surface area contributed by atoms with Crippen molar-refractivity contribution in [2.75, 3.05) is 11.9 Å². The van der Waals surface area contributed by atoms with E-state index < -0.39 is 0 Å². The fraction of sp³-hybridized carbons (Fsp3) is 0.385. The maximum atomic E-state index is 3.42. The van der Waals surface area contributed by atoms with Gasteiger partial charge in [0.1, 0.15) is 0 Å². The van der Waals surface area contributed by atoms with Crippen molar-refractivity contribution in [3.05, 3.63) is 41.5 Å². The van der Waals surface area contributed by atoms with Gasteiger partial charge in [0.25, 0.3) is 0 Å². The van der Waals surface area contributed by atoms with E-state index >= 15 is 0 Å². The second-order valence-electron chi connectivity index (χ2n) is 3.67. The molecule has 0 saturated carbocycles. The molecule has 1 aromatic carbocycles. The first-order valence-corrected chi connectivity index (χ1v) is 5.19. The van der Waals surface area contributed by atoms with Gasteiger partial charge in [-0.25, -0.2) is 0 Å². The Balaban J connectivity index is 2.62. The van der Waals surface area contributed by atoms with E-state index in [-0.39, 0.29) is 0 Å². The van der Waals surface area contributed by atoms with E-state index in [2.05, 4.69) is 56.4 Å².